The highest BCUT2D eigenvalue weighted by molar-refractivity contribution is 7.50. The van der Waals surface area contributed by atoms with Crippen LogP contribution in [0.4, 0.5) is 0 Å². The van der Waals surface area contributed by atoms with Crippen LogP contribution in [0.3, 0.4) is 0 Å². The van der Waals surface area contributed by atoms with Gasteiger partial charge in [-0.05, 0) is 0 Å². The van der Waals surface area contributed by atoms with E-state index in [0.29, 0.717) is 0 Å². The Kier molecular flexibility index (Phi) is 2.94. The van der Waals surface area contributed by atoms with Crippen LogP contribution in [-0.4, -0.2) is 11.5 Å². The molecule has 48 valence electrons. The summed E-state index contributed by atoms with van der Waals surface area (Å²) in [5.41, 5.74) is 4.56. The average molecular weight is 137 g/mol. The quantitative estimate of drug-likeness (QED) is 0.432. The molecule has 0 saturated carbocycles. The Morgan fingerprint density at radius 1 is 2.00 bits per heavy atom. The van der Waals surface area contributed by atoms with Crippen molar-refractivity contribution in [3.05, 3.63) is 12.7 Å². The predicted octanol–water partition coefficient (Wildman–Crippen LogP) is 0.248. The normalized spacial score (nSPS) is 17.2. The maximum atomic E-state index is 10.0. The van der Waals surface area contributed by atoms with Gasteiger partial charge in [0.15, 0.2) is 0 Å². The Morgan fingerprint density at radius 3 is 2.62 bits per heavy atom. The zero-order chi connectivity index (χ0) is 6.62. The first-order chi connectivity index (χ1) is 3.56. The molecule has 0 fully saturated rings. The molecule has 0 aliphatic rings. The van der Waals surface area contributed by atoms with E-state index in [4.69, 9.17) is 4.89 Å². The second-order valence-corrected chi connectivity index (χ2v) is 2.54. The third-order valence-electron chi connectivity index (χ3n) is 0.377. The molecule has 0 radical (unpaired) electrons. The molecule has 0 amide bonds. The molecular weight excluding hydrogens is 129 g/mol. The van der Waals surface area contributed by atoms with Crippen LogP contribution < -0.4 is 5.50 Å². The van der Waals surface area contributed by atoms with Crippen molar-refractivity contribution in [3.8, 4) is 0 Å². The van der Waals surface area contributed by atoms with Gasteiger partial charge in [-0.1, -0.05) is 6.08 Å². The molecule has 0 bridgehead atoms. The van der Waals surface area contributed by atoms with Crippen molar-refractivity contribution in [2.24, 2.45) is 5.50 Å². The molecule has 8 heavy (non-hydrogen) atoms. The van der Waals surface area contributed by atoms with Gasteiger partial charge in [-0.25, -0.2) is 10.1 Å². The monoisotopic (exact) mass is 137 g/mol. The van der Waals surface area contributed by atoms with Gasteiger partial charge < -0.3 is 4.89 Å². The molecule has 5 heteroatoms. The second kappa shape index (κ2) is 2.99. The summed E-state index contributed by atoms with van der Waals surface area (Å²) < 4.78 is 14.2. The standard InChI is InChI=1S/C3H8NO3P/c1-2-3-7-8(4,5)6/h2H,1,3H2,(H3,4,5,6). The van der Waals surface area contributed by atoms with Gasteiger partial charge in [0.2, 0.25) is 0 Å². The Balaban J connectivity index is 3.40. The van der Waals surface area contributed by atoms with Crippen molar-refractivity contribution in [1.29, 1.82) is 0 Å². The van der Waals surface area contributed by atoms with Crippen LogP contribution in [0.2, 0.25) is 0 Å². The van der Waals surface area contributed by atoms with E-state index in [9.17, 15) is 4.57 Å². The Labute approximate surface area is 47.5 Å². The molecule has 0 aromatic rings. The summed E-state index contributed by atoms with van der Waals surface area (Å²) in [6.07, 6.45) is 1.34. The Morgan fingerprint density at radius 2 is 2.50 bits per heavy atom. The van der Waals surface area contributed by atoms with Crippen molar-refractivity contribution in [3.63, 3.8) is 0 Å². The average Bonchev–Trinajstić information content (AvgIpc) is 1.59. The molecule has 0 spiro atoms. The summed E-state index contributed by atoms with van der Waals surface area (Å²) in [7, 11) is -3.75. The van der Waals surface area contributed by atoms with E-state index in [2.05, 4.69) is 16.6 Å². The SMILES string of the molecule is C=CCOP(N)(=O)O. The van der Waals surface area contributed by atoms with Crippen molar-refractivity contribution in [2.45, 2.75) is 0 Å². The third kappa shape index (κ3) is 5.85. The zero-order valence-corrected chi connectivity index (χ0v) is 5.17. The number of rotatable bonds is 3. The van der Waals surface area contributed by atoms with Crippen molar-refractivity contribution < 1.29 is 14.0 Å². The van der Waals surface area contributed by atoms with E-state index >= 15 is 0 Å². The topological polar surface area (TPSA) is 72.5 Å². The van der Waals surface area contributed by atoms with E-state index < -0.39 is 7.75 Å². The summed E-state index contributed by atoms with van der Waals surface area (Å²) in [4.78, 5) is 8.21. The highest BCUT2D eigenvalue weighted by Crippen LogP contribution is 2.30. The minimum atomic E-state index is -3.75. The minimum absolute atomic E-state index is 0.00424. The molecule has 0 rings (SSSR count). The maximum Gasteiger partial charge on any atom is 0.400 e. The summed E-state index contributed by atoms with van der Waals surface area (Å²) >= 11 is 0. The van der Waals surface area contributed by atoms with Crippen molar-refractivity contribution >= 4 is 7.75 Å². The molecule has 0 aromatic heterocycles. The predicted molar refractivity (Wildman–Crippen MR) is 30.2 cm³/mol. The molecule has 0 aliphatic carbocycles. The summed E-state index contributed by atoms with van der Waals surface area (Å²) in [6, 6.07) is 0. The Bertz CT molecular complexity index is 118. The van der Waals surface area contributed by atoms with Crippen LogP contribution in [0.25, 0.3) is 0 Å². The van der Waals surface area contributed by atoms with Crippen LogP contribution in [-0.2, 0) is 9.09 Å². The van der Waals surface area contributed by atoms with E-state index in [0.717, 1.165) is 0 Å². The van der Waals surface area contributed by atoms with Crippen molar-refractivity contribution in [2.75, 3.05) is 6.61 Å². The summed E-state index contributed by atoms with van der Waals surface area (Å²) in [5.74, 6) is 0. The van der Waals surface area contributed by atoms with Gasteiger partial charge in [-0.3, -0.25) is 4.52 Å². The molecule has 0 aromatic carbocycles. The van der Waals surface area contributed by atoms with E-state index in [-0.39, 0.29) is 6.61 Å². The zero-order valence-electron chi connectivity index (χ0n) is 4.28. The third-order valence-corrected chi connectivity index (χ3v) is 0.896. The van der Waals surface area contributed by atoms with Gasteiger partial charge in [0.25, 0.3) is 0 Å². The molecule has 0 aliphatic heterocycles. The maximum absolute atomic E-state index is 10.0. The van der Waals surface area contributed by atoms with Gasteiger partial charge in [0.05, 0.1) is 6.61 Å². The fraction of sp³-hybridized carbons (Fsp3) is 0.333. The summed E-state index contributed by atoms with van der Waals surface area (Å²) in [6.45, 7) is 3.26. The first-order valence-electron chi connectivity index (χ1n) is 1.93. The molecule has 0 heterocycles. The van der Waals surface area contributed by atoms with Gasteiger partial charge in [-0.15, -0.1) is 6.58 Å². The first-order valence-corrected chi connectivity index (χ1v) is 3.58. The molecule has 3 N–H and O–H groups in total. The van der Waals surface area contributed by atoms with Crippen molar-refractivity contribution in [1.82, 2.24) is 0 Å². The molecule has 1 atom stereocenters. The van der Waals surface area contributed by atoms with Crippen LogP contribution in [0.15, 0.2) is 12.7 Å². The number of hydrogen-bond acceptors (Lipinski definition) is 2. The minimum Gasteiger partial charge on any atom is -0.313 e. The van der Waals surface area contributed by atoms with E-state index in [1.54, 1.807) is 0 Å². The fourth-order valence-electron chi connectivity index (χ4n) is 0.160. The Hall–Kier alpha value is -0.150. The fourth-order valence-corrected chi connectivity index (χ4v) is 0.479. The molecule has 1 unspecified atom stereocenters. The van der Waals surface area contributed by atoms with Gasteiger partial charge >= 0.3 is 7.75 Å². The molecule has 0 saturated heterocycles. The lowest BCUT2D eigenvalue weighted by Crippen LogP contribution is -1.97. The smallest absolute Gasteiger partial charge is 0.313 e. The summed E-state index contributed by atoms with van der Waals surface area (Å²) in [5, 5.41) is 0. The highest BCUT2D eigenvalue weighted by atomic mass is 31.2. The highest BCUT2D eigenvalue weighted by Gasteiger charge is 2.07. The van der Waals surface area contributed by atoms with Gasteiger partial charge in [0.1, 0.15) is 0 Å². The number of nitrogens with two attached hydrogens (primary N) is 1. The van der Waals surface area contributed by atoms with Crippen LogP contribution in [0.1, 0.15) is 0 Å². The lowest BCUT2D eigenvalue weighted by atomic mass is 10.7. The lowest BCUT2D eigenvalue weighted by Gasteiger charge is -2.00. The van der Waals surface area contributed by atoms with E-state index in [1.165, 1.54) is 6.08 Å². The molecular formula is C3H8NO3P. The van der Waals surface area contributed by atoms with E-state index in [1.807, 2.05) is 0 Å². The molecule has 4 nitrogen and oxygen atoms in total. The van der Waals surface area contributed by atoms with Crippen LogP contribution in [0.5, 0.6) is 0 Å². The number of hydrogen-bond donors (Lipinski definition) is 2. The first kappa shape index (κ1) is 7.85. The second-order valence-electron chi connectivity index (χ2n) is 1.15. The van der Waals surface area contributed by atoms with Gasteiger partial charge in [0, 0.05) is 0 Å². The van der Waals surface area contributed by atoms with Crippen LogP contribution in [0, 0.1) is 0 Å². The van der Waals surface area contributed by atoms with Crippen LogP contribution >= 0.6 is 7.75 Å². The largest absolute Gasteiger partial charge is 0.400 e. The lowest BCUT2D eigenvalue weighted by molar-refractivity contribution is 0.288. The van der Waals surface area contributed by atoms with Gasteiger partial charge in [-0.2, -0.15) is 0 Å².